The fourth-order valence-electron chi connectivity index (χ4n) is 5.33. The molecule has 0 saturated heterocycles. The maximum atomic E-state index is 11.8. The molecule has 0 bridgehead atoms. The summed E-state index contributed by atoms with van der Waals surface area (Å²) in [7, 11) is 1.26. The number of aromatic nitrogens is 1. The molecule has 1 atom stereocenters. The highest BCUT2D eigenvalue weighted by Crippen LogP contribution is 2.76. The topological polar surface area (TPSA) is 122 Å². The second-order valence-electron chi connectivity index (χ2n) is 11.2. The van der Waals surface area contributed by atoms with E-state index in [0.29, 0.717) is 55.8 Å². The van der Waals surface area contributed by atoms with E-state index in [1.807, 2.05) is 26.0 Å². The van der Waals surface area contributed by atoms with Crippen molar-refractivity contribution in [2.24, 2.45) is 21.8 Å². The molecule has 1 aromatic heterocycles. The third-order valence-corrected chi connectivity index (χ3v) is 8.86. The van der Waals surface area contributed by atoms with E-state index in [9.17, 15) is 4.79 Å². The summed E-state index contributed by atoms with van der Waals surface area (Å²) in [5, 5.41) is 10.0. The summed E-state index contributed by atoms with van der Waals surface area (Å²) in [6.45, 7) is 4.02. The number of rotatable bonds is 10. The molecule has 0 radical (unpaired) electrons. The van der Waals surface area contributed by atoms with Crippen molar-refractivity contribution in [1.29, 1.82) is 0 Å². The van der Waals surface area contributed by atoms with Gasteiger partial charge in [0.1, 0.15) is 35.2 Å². The largest absolute Gasteiger partial charge is 0.489 e. The van der Waals surface area contributed by atoms with Gasteiger partial charge in [-0.3, -0.25) is 4.99 Å². The minimum Gasteiger partial charge on any atom is -0.489 e. The summed E-state index contributed by atoms with van der Waals surface area (Å²) in [4.78, 5) is 22.1. The van der Waals surface area contributed by atoms with Crippen LogP contribution in [0.1, 0.15) is 56.1 Å². The molecule has 6 rings (SSSR count). The monoisotopic (exact) mass is 642 g/mol. The predicted octanol–water partition coefficient (Wildman–Crippen LogP) is 7.22. The summed E-state index contributed by atoms with van der Waals surface area (Å²) in [6.07, 6.45) is 3.55. The van der Waals surface area contributed by atoms with Gasteiger partial charge in [-0.2, -0.15) is 0 Å². The second-order valence-corrected chi connectivity index (χ2v) is 12.4. The number of nitrogens with zero attached hydrogens (tertiary/aromatic N) is 3. The first kappa shape index (κ1) is 29.5. The Labute approximate surface area is 263 Å². The fraction of sp³-hybridized carbons (Fsp3) is 0.355. The molecule has 12 heteroatoms. The molecule has 1 aliphatic heterocycles. The number of allylic oxidation sites excluding steroid dienone is 1. The van der Waals surface area contributed by atoms with E-state index in [1.54, 1.807) is 24.3 Å². The van der Waals surface area contributed by atoms with Crippen molar-refractivity contribution in [2.45, 2.75) is 57.3 Å². The number of fused-ring (bicyclic) bond motifs is 1. The lowest BCUT2D eigenvalue weighted by atomic mass is 10.0. The van der Waals surface area contributed by atoms with Gasteiger partial charge in [0.2, 0.25) is 0 Å². The van der Waals surface area contributed by atoms with Gasteiger partial charge in [-0.25, -0.2) is 4.79 Å². The van der Waals surface area contributed by atoms with Gasteiger partial charge >= 0.3 is 5.97 Å². The molecule has 2 aliphatic carbocycles. The molecular formula is C31H29Cl3N4O5. The number of carbonyl (C=O) groups is 1. The van der Waals surface area contributed by atoms with Gasteiger partial charge in [-0.1, -0.05) is 57.2 Å². The molecule has 1 unspecified atom stereocenters. The van der Waals surface area contributed by atoms with Crippen LogP contribution >= 0.6 is 34.8 Å². The number of ether oxygens (including phenoxy) is 2. The molecule has 9 nitrogen and oxygen atoms in total. The zero-order valence-electron chi connectivity index (χ0n) is 23.7. The van der Waals surface area contributed by atoms with E-state index in [4.69, 9.17) is 59.4 Å². The number of esters is 1. The molecule has 224 valence electrons. The molecule has 3 aliphatic rings. The average Bonchev–Trinajstić information content (AvgIpc) is 3.68. The minimum absolute atomic E-state index is 0.0606. The van der Waals surface area contributed by atoms with Gasteiger partial charge in [-0.05, 0) is 62.9 Å². The van der Waals surface area contributed by atoms with Crippen molar-refractivity contribution in [1.82, 2.24) is 5.16 Å². The highest BCUT2D eigenvalue weighted by Gasteiger charge is 2.73. The fourth-order valence-corrected chi connectivity index (χ4v) is 6.20. The number of oxime groups is 1. The molecule has 2 saturated carbocycles. The lowest BCUT2D eigenvalue weighted by Gasteiger charge is -2.14. The van der Waals surface area contributed by atoms with Crippen LogP contribution in [0, 0.1) is 5.92 Å². The van der Waals surface area contributed by atoms with Crippen molar-refractivity contribution in [3.63, 3.8) is 0 Å². The molecule has 2 heterocycles. The van der Waals surface area contributed by atoms with Gasteiger partial charge in [0.15, 0.2) is 6.10 Å². The molecule has 3 aromatic rings. The first-order chi connectivity index (χ1) is 20.6. The van der Waals surface area contributed by atoms with Gasteiger partial charge in [0.25, 0.3) is 0 Å². The van der Waals surface area contributed by atoms with Gasteiger partial charge < -0.3 is 24.6 Å². The van der Waals surface area contributed by atoms with Crippen LogP contribution < -0.4 is 10.5 Å². The zero-order valence-corrected chi connectivity index (χ0v) is 26.0. The molecule has 2 aromatic carbocycles. The maximum Gasteiger partial charge on any atom is 0.353 e. The average molecular weight is 644 g/mol. The summed E-state index contributed by atoms with van der Waals surface area (Å²) in [5.74, 6) is 1.39. The van der Waals surface area contributed by atoms with Gasteiger partial charge in [0.05, 0.1) is 33.5 Å². The van der Waals surface area contributed by atoms with Crippen LogP contribution in [0.2, 0.25) is 15.1 Å². The zero-order chi connectivity index (χ0) is 30.5. The maximum absolute atomic E-state index is 11.8. The van der Waals surface area contributed by atoms with Crippen LogP contribution in [-0.4, -0.2) is 35.7 Å². The first-order valence-corrected chi connectivity index (χ1v) is 15.0. The Morgan fingerprint density at radius 3 is 2.53 bits per heavy atom. The highest BCUT2D eigenvalue weighted by atomic mass is 35.5. The first-order valence-electron chi connectivity index (χ1n) is 13.8. The second kappa shape index (κ2) is 11.5. The summed E-state index contributed by atoms with van der Waals surface area (Å²) < 4.78 is 16.8. The normalized spacial score (nSPS) is 22.6. The van der Waals surface area contributed by atoms with Crippen molar-refractivity contribution < 1.29 is 23.6 Å². The van der Waals surface area contributed by atoms with Crippen molar-refractivity contribution in [3.05, 3.63) is 80.1 Å². The number of nitrogens with two attached hydrogens (primary N) is 1. The SMILES string of the molecule is COC(=O)C(N)=CC(=NC(C)C)C1=NOC(c2ccc(OCc3c(-c4c(Cl)cccc4Cl)noc3C34CC3C4)cc2Cl)C1. The van der Waals surface area contributed by atoms with Crippen LogP contribution in [0.4, 0.5) is 0 Å². The lowest BCUT2D eigenvalue weighted by Crippen LogP contribution is -2.19. The number of hydrogen-bond donors (Lipinski definition) is 1. The standard InChI is InChI=1S/C31H29Cl3N4O5/c1-15(2)36-24(10-23(35)30(39)40-3)25-11-26(42-37-25)18-8-7-17(9-22(18)34)41-14-19-28(27-20(32)5-4-6-21(27)33)38-43-29(19)31-12-16(31)13-31/h4-10,15-16,26H,11-14,35H2,1-3H3. The Balaban J connectivity index is 1.19. The minimum atomic E-state index is -0.653. The predicted molar refractivity (Wildman–Crippen MR) is 165 cm³/mol. The van der Waals surface area contributed by atoms with Crippen molar-refractivity contribution in [2.75, 3.05) is 7.11 Å². The lowest BCUT2D eigenvalue weighted by molar-refractivity contribution is -0.136. The van der Waals surface area contributed by atoms with Crippen LogP contribution in [-0.2, 0) is 26.4 Å². The van der Waals surface area contributed by atoms with Crippen LogP contribution in [0.15, 0.2) is 62.8 Å². The summed E-state index contributed by atoms with van der Waals surface area (Å²) in [6, 6.07) is 10.7. The molecule has 43 heavy (non-hydrogen) atoms. The summed E-state index contributed by atoms with van der Waals surface area (Å²) >= 11 is 19.8. The molecular weight excluding hydrogens is 615 g/mol. The number of methoxy groups -OCH3 is 1. The van der Waals surface area contributed by atoms with E-state index in [1.165, 1.54) is 13.2 Å². The van der Waals surface area contributed by atoms with Crippen LogP contribution in [0.5, 0.6) is 5.75 Å². The number of benzene rings is 2. The Bertz CT molecular complexity index is 1670. The Morgan fingerprint density at radius 1 is 1.19 bits per heavy atom. The van der Waals surface area contributed by atoms with E-state index in [-0.39, 0.29) is 23.8 Å². The smallest absolute Gasteiger partial charge is 0.353 e. The van der Waals surface area contributed by atoms with Gasteiger partial charge in [0, 0.05) is 29.0 Å². The third-order valence-electron chi connectivity index (χ3n) is 7.90. The number of aliphatic imine (C=N–C) groups is 1. The Hall–Kier alpha value is -3.53. The molecule has 0 spiro atoms. The van der Waals surface area contributed by atoms with Crippen molar-refractivity contribution in [3.8, 4) is 17.0 Å². The Kier molecular flexibility index (Phi) is 7.91. The molecule has 2 fully saturated rings. The van der Waals surface area contributed by atoms with Gasteiger partial charge in [-0.15, -0.1) is 0 Å². The number of hydrogen-bond acceptors (Lipinski definition) is 9. The van der Waals surface area contributed by atoms with Crippen LogP contribution in [0.25, 0.3) is 11.3 Å². The third kappa shape index (κ3) is 5.73. The summed E-state index contributed by atoms with van der Waals surface area (Å²) in [5.41, 5.74) is 9.62. The highest BCUT2D eigenvalue weighted by molar-refractivity contribution is 6.47. The quantitative estimate of drug-likeness (QED) is 0.141. The number of carbonyl (C=O) groups excluding carboxylic acids is 1. The van der Waals surface area contributed by atoms with E-state index >= 15 is 0 Å². The molecule has 0 amide bonds. The Morgan fingerprint density at radius 2 is 1.91 bits per heavy atom. The van der Waals surface area contributed by atoms with E-state index in [2.05, 4.69) is 15.3 Å². The van der Waals surface area contributed by atoms with Crippen LogP contribution in [0.3, 0.4) is 0 Å². The van der Waals surface area contributed by atoms with E-state index in [0.717, 1.165) is 29.7 Å². The number of halogens is 3. The molecule has 2 N–H and O–H groups in total. The van der Waals surface area contributed by atoms with E-state index < -0.39 is 12.1 Å². The van der Waals surface area contributed by atoms with Crippen molar-refractivity contribution >= 4 is 52.2 Å².